The maximum absolute atomic E-state index is 11.2. The van der Waals surface area contributed by atoms with Gasteiger partial charge < -0.3 is 16.6 Å². The molecule has 0 aliphatic rings. The van der Waals surface area contributed by atoms with Crippen LogP contribution in [0.5, 0.6) is 0 Å². The van der Waals surface area contributed by atoms with E-state index in [0.29, 0.717) is 6.42 Å². The third kappa shape index (κ3) is 15.6. The maximum atomic E-state index is 11.2. The number of carboxylic acid groups (broad SMARTS) is 1. The van der Waals surface area contributed by atoms with Gasteiger partial charge in [-0.1, -0.05) is 110 Å². The molecule has 5 N–H and O–H groups in total. The molecule has 0 bridgehead atoms. The largest absolute Gasteiger partial charge is 0.480 e. The molecule has 0 aromatic carbocycles. The van der Waals surface area contributed by atoms with Crippen LogP contribution in [0, 0.1) is 0 Å². The summed E-state index contributed by atoms with van der Waals surface area (Å²) in [5.74, 6) is -1.79. The highest BCUT2D eigenvalue weighted by atomic mass is 16.4. The monoisotopic (exact) mass is 384 g/mol. The van der Waals surface area contributed by atoms with Crippen molar-refractivity contribution >= 4 is 11.9 Å². The summed E-state index contributed by atoms with van der Waals surface area (Å²) in [6.07, 6.45) is 20.4. The van der Waals surface area contributed by atoms with Crippen LogP contribution in [0.3, 0.4) is 0 Å². The molecule has 1 atom stereocenters. The zero-order valence-corrected chi connectivity index (χ0v) is 17.6. The molecule has 160 valence electrons. The third-order valence-electron chi connectivity index (χ3n) is 5.39. The Morgan fingerprint density at radius 2 is 1.04 bits per heavy atom. The molecule has 0 aromatic heterocycles. The highest BCUT2D eigenvalue weighted by Gasteiger charge is 2.35. The number of aliphatic carboxylic acids is 1. The summed E-state index contributed by atoms with van der Waals surface area (Å²) >= 11 is 0. The zero-order valence-electron chi connectivity index (χ0n) is 17.6. The Morgan fingerprint density at radius 3 is 1.33 bits per heavy atom. The van der Waals surface area contributed by atoms with E-state index in [1.807, 2.05) is 0 Å². The molecular weight excluding hydrogens is 340 g/mol. The van der Waals surface area contributed by atoms with Crippen molar-refractivity contribution in [2.24, 2.45) is 11.5 Å². The topological polar surface area (TPSA) is 106 Å². The predicted molar refractivity (Wildman–Crippen MR) is 113 cm³/mol. The van der Waals surface area contributed by atoms with Crippen molar-refractivity contribution in [3.05, 3.63) is 0 Å². The number of nitrogens with two attached hydrogens (primary N) is 2. The lowest BCUT2D eigenvalue weighted by Gasteiger charge is -2.22. The van der Waals surface area contributed by atoms with E-state index in [9.17, 15) is 14.7 Å². The van der Waals surface area contributed by atoms with Gasteiger partial charge in [-0.2, -0.15) is 0 Å². The van der Waals surface area contributed by atoms with Gasteiger partial charge in [0.05, 0.1) is 6.42 Å². The number of primary amides is 1. The summed E-state index contributed by atoms with van der Waals surface area (Å²) in [5, 5.41) is 9.17. The van der Waals surface area contributed by atoms with E-state index in [4.69, 9.17) is 11.5 Å². The molecule has 0 heterocycles. The number of unbranched alkanes of at least 4 members (excludes halogenated alkanes) is 15. The van der Waals surface area contributed by atoms with E-state index in [1.165, 1.54) is 83.5 Å². The van der Waals surface area contributed by atoms with Crippen LogP contribution in [0.2, 0.25) is 0 Å². The fourth-order valence-electron chi connectivity index (χ4n) is 3.57. The summed E-state index contributed by atoms with van der Waals surface area (Å²) in [6, 6.07) is 0. The summed E-state index contributed by atoms with van der Waals surface area (Å²) in [7, 11) is 0. The summed E-state index contributed by atoms with van der Waals surface area (Å²) < 4.78 is 0. The molecule has 0 aliphatic carbocycles. The number of hydrogen-bond donors (Lipinski definition) is 3. The van der Waals surface area contributed by atoms with Crippen molar-refractivity contribution in [3.63, 3.8) is 0 Å². The first kappa shape index (κ1) is 25.9. The van der Waals surface area contributed by atoms with Crippen LogP contribution >= 0.6 is 0 Å². The van der Waals surface area contributed by atoms with Gasteiger partial charge >= 0.3 is 5.97 Å². The second-order valence-corrected chi connectivity index (χ2v) is 8.16. The number of rotatable bonds is 20. The molecule has 1 amide bonds. The first-order valence-electron chi connectivity index (χ1n) is 11.2. The van der Waals surface area contributed by atoms with Crippen LogP contribution in [0.1, 0.15) is 122 Å². The van der Waals surface area contributed by atoms with Crippen molar-refractivity contribution in [1.29, 1.82) is 0 Å². The molecule has 0 radical (unpaired) electrons. The van der Waals surface area contributed by atoms with Gasteiger partial charge in [0.25, 0.3) is 0 Å². The first-order chi connectivity index (χ1) is 12.9. The lowest BCUT2D eigenvalue weighted by Crippen LogP contribution is -2.50. The number of hydrogen-bond acceptors (Lipinski definition) is 3. The van der Waals surface area contributed by atoms with Gasteiger partial charge in [-0.05, 0) is 6.42 Å². The minimum atomic E-state index is -1.50. The van der Waals surface area contributed by atoms with E-state index in [0.717, 1.165) is 19.3 Å². The molecule has 0 fully saturated rings. The first-order valence-corrected chi connectivity index (χ1v) is 11.2. The number of carbonyl (C=O) groups is 2. The minimum Gasteiger partial charge on any atom is -0.480 e. The maximum Gasteiger partial charge on any atom is 0.324 e. The Morgan fingerprint density at radius 1 is 0.704 bits per heavy atom. The van der Waals surface area contributed by atoms with Crippen molar-refractivity contribution in [2.45, 2.75) is 128 Å². The van der Waals surface area contributed by atoms with E-state index in [1.54, 1.807) is 0 Å². The summed E-state index contributed by atoms with van der Waals surface area (Å²) in [4.78, 5) is 22.2. The van der Waals surface area contributed by atoms with Crippen LogP contribution in [0.25, 0.3) is 0 Å². The van der Waals surface area contributed by atoms with Crippen molar-refractivity contribution < 1.29 is 14.7 Å². The van der Waals surface area contributed by atoms with Crippen molar-refractivity contribution in [3.8, 4) is 0 Å². The van der Waals surface area contributed by atoms with Crippen LogP contribution in [0.15, 0.2) is 0 Å². The Hall–Kier alpha value is -1.10. The highest BCUT2D eigenvalue weighted by molar-refractivity contribution is 5.86. The minimum absolute atomic E-state index is 0.291. The van der Waals surface area contributed by atoms with Crippen molar-refractivity contribution in [2.75, 3.05) is 0 Å². The molecule has 1 unspecified atom stereocenters. The SMILES string of the molecule is CCCCCCCCCCCCCCCCCCC(N)(CC(N)=O)C(=O)O. The number of carbonyl (C=O) groups excluding carboxylic acids is 1. The van der Waals surface area contributed by atoms with Crippen LogP contribution in [0.4, 0.5) is 0 Å². The molecule has 0 saturated heterocycles. The smallest absolute Gasteiger partial charge is 0.324 e. The fourth-order valence-corrected chi connectivity index (χ4v) is 3.57. The molecule has 0 aromatic rings. The lowest BCUT2D eigenvalue weighted by molar-refractivity contribution is -0.145. The summed E-state index contributed by atoms with van der Waals surface area (Å²) in [6.45, 7) is 2.26. The molecule has 0 saturated carbocycles. The second kappa shape index (κ2) is 17.0. The third-order valence-corrected chi connectivity index (χ3v) is 5.39. The van der Waals surface area contributed by atoms with E-state index >= 15 is 0 Å². The Labute approximate surface area is 166 Å². The Bertz CT molecular complexity index is 388. The zero-order chi connectivity index (χ0) is 20.4. The standard InChI is InChI=1S/C22H44N2O3/c1-2-3-4-5-6-7-8-9-10-11-12-13-14-15-16-17-18-22(24,21(26)27)19-20(23)25/h2-19,24H2,1H3,(H2,23,25)(H,26,27). The Kier molecular flexibility index (Phi) is 16.3. The predicted octanol–water partition coefficient (Wildman–Crippen LogP) is 5.30. The lowest BCUT2D eigenvalue weighted by atomic mass is 9.89. The van der Waals surface area contributed by atoms with Gasteiger partial charge in [-0.15, -0.1) is 0 Å². The van der Waals surface area contributed by atoms with Crippen LogP contribution in [-0.2, 0) is 9.59 Å². The highest BCUT2D eigenvalue weighted by Crippen LogP contribution is 2.18. The summed E-state index contributed by atoms with van der Waals surface area (Å²) in [5.41, 5.74) is 9.40. The Balaban J connectivity index is 3.40. The molecule has 27 heavy (non-hydrogen) atoms. The number of carboxylic acids is 1. The van der Waals surface area contributed by atoms with Crippen LogP contribution in [-0.4, -0.2) is 22.5 Å². The fraction of sp³-hybridized carbons (Fsp3) is 0.909. The van der Waals surface area contributed by atoms with E-state index in [-0.39, 0.29) is 6.42 Å². The van der Waals surface area contributed by atoms with Gasteiger partial charge in [0, 0.05) is 0 Å². The van der Waals surface area contributed by atoms with Gasteiger partial charge in [-0.25, -0.2) is 0 Å². The molecule has 5 nitrogen and oxygen atoms in total. The number of amides is 1. The van der Waals surface area contributed by atoms with Crippen LogP contribution < -0.4 is 11.5 Å². The molecule has 0 spiro atoms. The van der Waals surface area contributed by atoms with Crippen molar-refractivity contribution in [1.82, 2.24) is 0 Å². The van der Waals surface area contributed by atoms with Gasteiger partial charge in [-0.3, -0.25) is 9.59 Å². The average molecular weight is 385 g/mol. The molecule has 5 heteroatoms. The van der Waals surface area contributed by atoms with E-state index in [2.05, 4.69) is 6.92 Å². The van der Waals surface area contributed by atoms with E-state index < -0.39 is 17.4 Å². The van der Waals surface area contributed by atoms with Gasteiger partial charge in [0.2, 0.25) is 5.91 Å². The molecular formula is C22H44N2O3. The van der Waals surface area contributed by atoms with Gasteiger partial charge in [0.1, 0.15) is 5.54 Å². The quantitative estimate of drug-likeness (QED) is 0.248. The molecule has 0 rings (SSSR count). The average Bonchev–Trinajstić information content (AvgIpc) is 2.60. The normalized spacial score (nSPS) is 13.4. The van der Waals surface area contributed by atoms with Gasteiger partial charge in [0.15, 0.2) is 0 Å². The second-order valence-electron chi connectivity index (χ2n) is 8.16. The molecule has 0 aliphatic heterocycles.